The van der Waals surface area contributed by atoms with Crippen LogP contribution in [-0.4, -0.2) is 10.9 Å². The van der Waals surface area contributed by atoms with Gasteiger partial charge < -0.3 is 10.3 Å². The number of aromatic amines is 1. The molecule has 0 spiro atoms. The first kappa shape index (κ1) is 16.0. The number of nitrogens with one attached hydrogen (secondary N) is 2. The molecule has 0 fully saturated rings. The number of hydrogen-bond donors (Lipinski definition) is 2. The lowest BCUT2D eigenvalue weighted by Gasteiger charge is -2.10. The lowest BCUT2D eigenvalue weighted by atomic mass is 10.0. The van der Waals surface area contributed by atoms with Gasteiger partial charge in [-0.25, -0.2) is 4.39 Å². The van der Waals surface area contributed by atoms with Crippen LogP contribution in [0.1, 0.15) is 10.4 Å². The van der Waals surface area contributed by atoms with Gasteiger partial charge in [-0.15, -0.1) is 0 Å². The van der Waals surface area contributed by atoms with E-state index in [-0.39, 0.29) is 10.6 Å². The number of aromatic nitrogens is 1. The monoisotopic (exact) mass is 342 g/mol. The van der Waals surface area contributed by atoms with Gasteiger partial charge in [-0.05, 0) is 29.8 Å². The molecular formula is C18H12ClFN2O2. The highest BCUT2D eigenvalue weighted by Gasteiger charge is 2.17. The van der Waals surface area contributed by atoms with Gasteiger partial charge in [0.05, 0.1) is 5.02 Å². The number of pyridine rings is 1. The Morgan fingerprint density at radius 1 is 1.08 bits per heavy atom. The van der Waals surface area contributed by atoms with Crippen LogP contribution in [0, 0.1) is 5.82 Å². The molecule has 4 nitrogen and oxygen atoms in total. The van der Waals surface area contributed by atoms with E-state index < -0.39 is 17.3 Å². The summed E-state index contributed by atoms with van der Waals surface area (Å²) < 4.78 is 13.2. The van der Waals surface area contributed by atoms with Crippen LogP contribution >= 0.6 is 11.6 Å². The Labute approximate surface area is 141 Å². The second-order valence-corrected chi connectivity index (χ2v) is 5.45. The van der Waals surface area contributed by atoms with Gasteiger partial charge in [0.25, 0.3) is 11.5 Å². The Kier molecular flexibility index (Phi) is 4.44. The van der Waals surface area contributed by atoms with Crippen molar-refractivity contribution in [3.63, 3.8) is 0 Å². The largest absolute Gasteiger partial charge is 0.328 e. The Bertz CT molecular complexity index is 955. The van der Waals surface area contributed by atoms with E-state index in [4.69, 9.17) is 11.6 Å². The lowest BCUT2D eigenvalue weighted by Crippen LogP contribution is -2.24. The second kappa shape index (κ2) is 6.68. The van der Waals surface area contributed by atoms with E-state index in [1.165, 1.54) is 18.3 Å². The van der Waals surface area contributed by atoms with Crippen LogP contribution < -0.4 is 10.9 Å². The predicted molar refractivity (Wildman–Crippen MR) is 91.9 cm³/mol. The number of carbonyl (C=O) groups is 1. The summed E-state index contributed by atoms with van der Waals surface area (Å²) in [5.41, 5.74) is 1.01. The van der Waals surface area contributed by atoms with Gasteiger partial charge >= 0.3 is 0 Å². The molecular weight excluding hydrogens is 331 g/mol. The third kappa shape index (κ3) is 3.21. The molecule has 2 aromatic carbocycles. The lowest BCUT2D eigenvalue weighted by molar-refractivity contribution is 0.102. The fourth-order valence-electron chi connectivity index (χ4n) is 2.33. The highest BCUT2D eigenvalue weighted by Crippen LogP contribution is 2.23. The van der Waals surface area contributed by atoms with Gasteiger partial charge in [-0.1, -0.05) is 41.9 Å². The quantitative estimate of drug-likeness (QED) is 0.753. The van der Waals surface area contributed by atoms with E-state index in [9.17, 15) is 14.0 Å². The summed E-state index contributed by atoms with van der Waals surface area (Å²) in [5, 5.41) is 2.45. The Balaban J connectivity index is 2.01. The summed E-state index contributed by atoms with van der Waals surface area (Å²) in [6, 6.07) is 14.6. The van der Waals surface area contributed by atoms with Crippen LogP contribution in [0.4, 0.5) is 10.1 Å². The summed E-state index contributed by atoms with van der Waals surface area (Å²) in [5.74, 6) is -1.18. The normalized spacial score (nSPS) is 10.4. The number of benzene rings is 2. The van der Waals surface area contributed by atoms with E-state index in [0.29, 0.717) is 11.3 Å². The van der Waals surface area contributed by atoms with Crippen LogP contribution in [0.5, 0.6) is 0 Å². The third-order valence-electron chi connectivity index (χ3n) is 3.45. The van der Waals surface area contributed by atoms with Crippen LogP contribution in [0.25, 0.3) is 11.1 Å². The average molecular weight is 343 g/mol. The fourth-order valence-corrected chi connectivity index (χ4v) is 2.51. The summed E-state index contributed by atoms with van der Waals surface area (Å²) >= 11 is 5.71. The van der Waals surface area contributed by atoms with Crippen molar-refractivity contribution in [1.29, 1.82) is 0 Å². The molecule has 0 saturated heterocycles. The van der Waals surface area contributed by atoms with Crippen molar-refractivity contribution in [2.75, 3.05) is 5.32 Å². The number of hydrogen-bond acceptors (Lipinski definition) is 2. The van der Waals surface area contributed by atoms with Gasteiger partial charge in [0, 0.05) is 17.4 Å². The number of H-pyrrole nitrogens is 1. The number of rotatable bonds is 3. The molecule has 3 rings (SSSR count). The van der Waals surface area contributed by atoms with Gasteiger partial charge in [-0.3, -0.25) is 9.59 Å². The molecule has 0 saturated carbocycles. The van der Waals surface area contributed by atoms with Crippen LogP contribution in [0.15, 0.2) is 65.6 Å². The van der Waals surface area contributed by atoms with Crippen molar-refractivity contribution in [1.82, 2.24) is 4.98 Å². The minimum Gasteiger partial charge on any atom is -0.328 e. The molecule has 120 valence electrons. The van der Waals surface area contributed by atoms with E-state index in [2.05, 4.69) is 10.3 Å². The van der Waals surface area contributed by atoms with Gasteiger partial charge in [0.15, 0.2) is 0 Å². The molecule has 24 heavy (non-hydrogen) atoms. The molecule has 3 aromatic rings. The van der Waals surface area contributed by atoms with Crippen molar-refractivity contribution in [3.8, 4) is 11.1 Å². The van der Waals surface area contributed by atoms with E-state index in [1.54, 1.807) is 18.2 Å². The smallest absolute Gasteiger partial charge is 0.261 e. The Morgan fingerprint density at radius 3 is 2.54 bits per heavy atom. The van der Waals surface area contributed by atoms with Gasteiger partial charge in [0.1, 0.15) is 11.4 Å². The zero-order chi connectivity index (χ0) is 17.1. The fraction of sp³-hybridized carbons (Fsp3) is 0. The molecule has 6 heteroatoms. The van der Waals surface area contributed by atoms with Crippen LogP contribution in [0.3, 0.4) is 0 Å². The van der Waals surface area contributed by atoms with E-state index in [1.807, 2.05) is 18.2 Å². The first-order valence-corrected chi connectivity index (χ1v) is 7.47. The highest BCUT2D eigenvalue weighted by atomic mass is 35.5. The Morgan fingerprint density at radius 2 is 1.83 bits per heavy atom. The van der Waals surface area contributed by atoms with Gasteiger partial charge in [0.2, 0.25) is 0 Å². The molecule has 1 aromatic heterocycles. The maximum absolute atomic E-state index is 13.2. The van der Waals surface area contributed by atoms with E-state index in [0.717, 1.165) is 11.6 Å². The van der Waals surface area contributed by atoms with Crippen LogP contribution in [0.2, 0.25) is 5.02 Å². The maximum Gasteiger partial charge on any atom is 0.261 e. The summed E-state index contributed by atoms with van der Waals surface area (Å²) in [6.07, 6.45) is 1.48. The molecule has 0 bridgehead atoms. The highest BCUT2D eigenvalue weighted by molar-refractivity contribution is 6.31. The molecule has 1 heterocycles. The number of amides is 1. The standard InChI is InChI=1S/C18H12ClFN2O2/c19-14-10-12(6-7-15(14)20)22-18(24)16-13(8-9-21-17(16)23)11-4-2-1-3-5-11/h1-10H,(H,21,23)(H,22,24). The van der Waals surface area contributed by atoms with Crippen molar-refractivity contribution < 1.29 is 9.18 Å². The molecule has 0 aliphatic heterocycles. The van der Waals surface area contributed by atoms with Crippen molar-refractivity contribution in [2.24, 2.45) is 0 Å². The first-order chi connectivity index (χ1) is 11.6. The van der Waals surface area contributed by atoms with Crippen molar-refractivity contribution in [2.45, 2.75) is 0 Å². The number of halogens is 2. The second-order valence-electron chi connectivity index (χ2n) is 5.04. The first-order valence-electron chi connectivity index (χ1n) is 7.10. The minimum atomic E-state index is -0.599. The number of anilines is 1. The molecule has 1 amide bonds. The topological polar surface area (TPSA) is 62.0 Å². The summed E-state index contributed by atoms with van der Waals surface area (Å²) in [4.78, 5) is 27.2. The van der Waals surface area contributed by atoms with E-state index >= 15 is 0 Å². The maximum atomic E-state index is 13.2. The summed E-state index contributed by atoms with van der Waals surface area (Å²) in [6.45, 7) is 0. The molecule has 0 atom stereocenters. The zero-order valence-electron chi connectivity index (χ0n) is 12.3. The van der Waals surface area contributed by atoms with Crippen molar-refractivity contribution in [3.05, 3.63) is 87.6 Å². The molecule has 0 aliphatic carbocycles. The SMILES string of the molecule is O=C(Nc1ccc(F)c(Cl)c1)c1c(-c2ccccc2)cc[nH]c1=O. The molecule has 0 aliphatic rings. The molecule has 0 unspecified atom stereocenters. The third-order valence-corrected chi connectivity index (χ3v) is 3.74. The summed E-state index contributed by atoms with van der Waals surface area (Å²) in [7, 11) is 0. The van der Waals surface area contributed by atoms with Crippen molar-refractivity contribution >= 4 is 23.2 Å². The predicted octanol–water partition coefficient (Wildman–Crippen LogP) is 4.09. The molecule has 0 radical (unpaired) electrons. The van der Waals surface area contributed by atoms with Crippen LogP contribution in [-0.2, 0) is 0 Å². The minimum absolute atomic E-state index is 0.0239. The van der Waals surface area contributed by atoms with Gasteiger partial charge in [-0.2, -0.15) is 0 Å². The number of carbonyl (C=O) groups excluding carboxylic acids is 1. The molecule has 2 N–H and O–H groups in total. The Hall–Kier alpha value is -2.92. The average Bonchev–Trinajstić information content (AvgIpc) is 2.58. The zero-order valence-corrected chi connectivity index (χ0v) is 13.1.